The quantitative estimate of drug-likeness (QED) is 0.713. The van der Waals surface area contributed by atoms with Gasteiger partial charge in [0.05, 0.1) is 0 Å². The van der Waals surface area contributed by atoms with Crippen LogP contribution in [-0.2, 0) is 4.79 Å². The van der Waals surface area contributed by atoms with Gasteiger partial charge in [-0.15, -0.1) is 12.4 Å². The molecule has 0 aromatic carbocycles. The van der Waals surface area contributed by atoms with Gasteiger partial charge in [0.2, 0.25) is 0 Å². The van der Waals surface area contributed by atoms with Crippen molar-refractivity contribution in [1.82, 2.24) is 5.32 Å². The number of carboxylic acids is 1. The Morgan fingerprint density at radius 1 is 1.50 bits per heavy atom. The van der Waals surface area contributed by atoms with Crippen LogP contribution >= 0.6 is 12.4 Å². The van der Waals surface area contributed by atoms with Gasteiger partial charge in [0.25, 0.3) is 0 Å². The molecule has 3 nitrogen and oxygen atoms in total. The lowest BCUT2D eigenvalue weighted by atomic mass is 10.2. The van der Waals surface area contributed by atoms with Crippen LogP contribution in [0.1, 0.15) is 32.6 Å². The lowest BCUT2D eigenvalue weighted by molar-refractivity contribution is -0.139. The van der Waals surface area contributed by atoms with E-state index in [0.717, 1.165) is 12.8 Å². The van der Waals surface area contributed by atoms with Crippen LogP contribution in [0.2, 0.25) is 0 Å². The van der Waals surface area contributed by atoms with E-state index in [2.05, 4.69) is 5.32 Å². The van der Waals surface area contributed by atoms with Crippen LogP contribution in [0.3, 0.4) is 0 Å². The third-order valence-corrected chi connectivity index (χ3v) is 2.21. The number of halogens is 1. The molecule has 0 spiro atoms. The minimum Gasteiger partial charge on any atom is -0.480 e. The number of carbonyl (C=O) groups is 1. The Morgan fingerprint density at radius 2 is 2.00 bits per heavy atom. The number of nitrogens with one attached hydrogen (secondary N) is 1. The summed E-state index contributed by atoms with van der Waals surface area (Å²) in [5.41, 5.74) is 0. The van der Waals surface area contributed by atoms with Gasteiger partial charge in [-0.2, -0.15) is 0 Å². The van der Waals surface area contributed by atoms with Gasteiger partial charge in [0.1, 0.15) is 6.04 Å². The second-order valence-electron chi connectivity index (χ2n) is 3.21. The molecule has 1 unspecified atom stereocenters. The van der Waals surface area contributed by atoms with Crippen molar-refractivity contribution in [2.75, 3.05) is 0 Å². The fourth-order valence-electron chi connectivity index (χ4n) is 1.52. The van der Waals surface area contributed by atoms with Crippen molar-refractivity contribution in [2.24, 2.45) is 0 Å². The minimum absolute atomic E-state index is 0. The molecule has 0 heterocycles. The van der Waals surface area contributed by atoms with E-state index in [1.54, 1.807) is 6.92 Å². The molecular weight excluding hydrogens is 178 g/mol. The van der Waals surface area contributed by atoms with Gasteiger partial charge in [0.15, 0.2) is 0 Å². The maximum Gasteiger partial charge on any atom is 0.320 e. The molecule has 0 radical (unpaired) electrons. The summed E-state index contributed by atoms with van der Waals surface area (Å²) in [5.74, 6) is -0.753. The van der Waals surface area contributed by atoms with Gasteiger partial charge in [-0.25, -0.2) is 0 Å². The molecule has 1 aliphatic carbocycles. The molecule has 12 heavy (non-hydrogen) atoms. The maximum atomic E-state index is 10.4. The highest BCUT2D eigenvalue weighted by Crippen LogP contribution is 2.17. The average molecular weight is 194 g/mol. The maximum absolute atomic E-state index is 10.4. The highest BCUT2D eigenvalue weighted by molar-refractivity contribution is 5.85. The Labute approximate surface area is 78.9 Å². The number of aliphatic carboxylic acids is 1. The van der Waals surface area contributed by atoms with Gasteiger partial charge in [0, 0.05) is 6.04 Å². The monoisotopic (exact) mass is 193 g/mol. The summed E-state index contributed by atoms with van der Waals surface area (Å²) in [6, 6.07) is 0.0548. The molecule has 0 aromatic heterocycles. The average Bonchev–Trinajstić information content (AvgIpc) is 2.39. The summed E-state index contributed by atoms with van der Waals surface area (Å²) in [6.45, 7) is 1.70. The lowest BCUT2D eigenvalue weighted by Gasteiger charge is -2.14. The van der Waals surface area contributed by atoms with Crippen molar-refractivity contribution in [3.8, 4) is 0 Å². The van der Waals surface area contributed by atoms with Gasteiger partial charge in [-0.05, 0) is 19.8 Å². The summed E-state index contributed by atoms with van der Waals surface area (Å²) in [6.07, 6.45) is 4.75. The number of hydrogen-bond donors (Lipinski definition) is 2. The van der Waals surface area contributed by atoms with Crippen LogP contribution in [0.4, 0.5) is 0 Å². The third-order valence-electron chi connectivity index (χ3n) is 2.21. The van der Waals surface area contributed by atoms with E-state index in [4.69, 9.17) is 5.11 Å². The first kappa shape index (κ1) is 11.7. The molecule has 1 aliphatic rings. The van der Waals surface area contributed by atoms with Crippen molar-refractivity contribution in [3.63, 3.8) is 0 Å². The number of carboxylic acid groups (broad SMARTS) is 1. The Hall–Kier alpha value is -0.280. The van der Waals surface area contributed by atoms with Crippen LogP contribution in [0.15, 0.2) is 0 Å². The molecule has 0 aromatic rings. The molecule has 0 bridgehead atoms. The zero-order valence-electron chi connectivity index (χ0n) is 7.25. The first-order chi connectivity index (χ1) is 5.20. The zero-order chi connectivity index (χ0) is 8.27. The summed E-state index contributed by atoms with van der Waals surface area (Å²) in [5, 5.41) is 11.7. The highest BCUT2D eigenvalue weighted by atomic mass is 35.5. The second kappa shape index (κ2) is 5.38. The molecule has 2 N–H and O–H groups in total. The Balaban J connectivity index is 0.00000121. The SMILES string of the molecule is CC(NC1CCCC1)C(=O)O.Cl. The summed E-state index contributed by atoms with van der Waals surface area (Å²) in [4.78, 5) is 10.4. The largest absolute Gasteiger partial charge is 0.480 e. The topological polar surface area (TPSA) is 49.3 Å². The van der Waals surface area contributed by atoms with Crippen LogP contribution in [0.5, 0.6) is 0 Å². The number of hydrogen-bond acceptors (Lipinski definition) is 2. The molecular formula is C8H16ClNO2. The highest BCUT2D eigenvalue weighted by Gasteiger charge is 2.19. The molecule has 1 saturated carbocycles. The molecule has 4 heteroatoms. The standard InChI is InChI=1S/C8H15NO2.ClH/c1-6(8(10)11)9-7-4-2-3-5-7;/h6-7,9H,2-5H2,1H3,(H,10,11);1H. The molecule has 1 fully saturated rings. The second-order valence-corrected chi connectivity index (χ2v) is 3.21. The summed E-state index contributed by atoms with van der Waals surface area (Å²) >= 11 is 0. The van der Waals surface area contributed by atoms with Crippen molar-refractivity contribution < 1.29 is 9.90 Å². The summed E-state index contributed by atoms with van der Waals surface area (Å²) < 4.78 is 0. The van der Waals surface area contributed by atoms with Crippen LogP contribution < -0.4 is 5.32 Å². The van der Waals surface area contributed by atoms with Gasteiger partial charge in [-0.1, -0.05) is 12.8 Å². The summed E-state index contributed by atoms with van der Waals surface area (Å²) in [7, 11) is 0. The Morgan fingerprint density at radius 3 is 2.42 bits per heavy atom. The first-order valence-electron chi connectivity index (χ1n) is 4.19. The fourth-order valence-corrected chi connectivity index (χ4v) is 1.52. The third kappa shape index (κ3) is 3.41. The van der Waals surface area contributed by atoms with Crippen molar-refractivity contribution in [1.29, 1.82) is 0 Å². The van der Waals surface area contributed by atoms with Gasteiger partial charge in [-0.3, -0.25) is 4.79 Å². The molecule has 72 valence electrons. The van der Waals surface area contributed by atoms with E-state index in [0.29, 0.717) is 6.04 Å². The molecule has 0 aliphatic heterocycles. The molecule has 0 saturated heterocycles. The van der Waals surface area contributed by atoms with E-state index in [9.17, 15) is 4.79 Å². The van der Waals surface area contributed by atoms with E-state index in [-0.39, 0.29) is 12.4 Å². The van der Waals surface area contributed by atoms with Gasteiger partial charge < -0.3 is 10.4 Å². The Bertz CT molecular complexity index is 146. The van der Waals surface area contributed by atoms with Crippen molar-refractivity contribution in [3.05, 3.63) is 0 Å². The van der Waals surface area contributed by atoms with Crippen LogP contribution in [0.25, 0.3) is 0 Å². The fraction of sp³-hybridized carbons (Fsp3) is 0.875. The van der Waals surface area contributed by atoms with E-state index >= 15 is 0 Å². The van der Waals surface area contributed by atoms with Crippen LogP contribution in [-0.4, -0.2) is 23.2 Å². The molecule has 0 amide bonds. The lowest BCUT2D eigenvalue weighted by Crippen LogP contribution is -2.39. The first-order valence-corrected chi connectivity index (χ1v) is 4.19. The van der Waals surface area contributed by atoms with E-state index in [1.165, 1.54) is 12.8 Å². The number of rotatable bonds is 3. The zero-order valence-corrected chi connectivity index (χ0v) is 8.06. The molecule has 1 atom stereocenters. The predicted molar refractivity (Wildman–Crippen MR) is 49.7 cm³/mol. The van der Waals surface area contributed by atoms with E-state index < -0.39 is 12.0 Å². The smallest absolute Gasteiger partial charge is 0.320 e. The minimum atomic E-state index is -0.753. The Kier molecular flexibility index (Phi) is 5.25. The van der Waals surface area contributed by atoms with Crippen molar-refractivity contribution in [2.45, 2.75) is 44.7 Å². The normalized spacial score (nSPS) is 20.1. The van der Waals surface area contributed by atoms with Crippen LogP contribution in [0, 0.1) is 0 Å². The van der Waals surface area contributed by atoms with Crippen molar-refractivity contribution >= 4 is 18.4 Å². The van der Waals surface area contributed by atoms with E-state index in [1.807, 2.05) is 0 Å². The predicted octanol–water partition coefficient (Wildman–Crippen LogP) is 1.41. The molecule has 1 rings (SSSR count). The van der Waals surface area contributed by atoms with Gasteiger partial charge >= 0.3 is 5.97 Å².